The van der Waals surface area contributed by atoms with Crippen LogP contribution >= 0.6 is 0 Å². The highest BCUT2D eigenvalue weighted by Gasteiger charge is 2.40. The predicted octanol–water partition coefficient (Wildman–Crippen LogP) is 7.31. The summed E-state index contributed by atoms with van der Waals surface area (Å²) in [5.41, 5.74) is 0.964. The summed E-state index contributed by atoms with van der Waals surface area (Å²) in [5, 5.41) is 0. The van der Waals surface area contributed by atoms with Gasteiger partial charge in [0.1, 0.15) is 5.60 Å². The number of esters is 1. The molecule has 0 aromatic heterocycles. The van der Waals surface area contributed by atoms with Crippen LogP contribution in [0.2, 0.25) is 0 Å². The van der Waals surface area contributed by atoms with Crippen LogP contribution in [0.1, 0.15) is 119 Å². The number of likely N-dealkylation sites (tertiary alicyclic amines) is 1. The molecule has 3 amide bonds. The minimum Gasteiger partial charge on any atom is -0.493 e. The van der Waals surface area contributed by atoms with Crippen molar-refractivity contribution in [2.24, 2.45) is 0 Å². The van der Waals surface area contributed by atoms with Gasteiger partial charge in [-0.25, -0.2) is 9.59 Å². The number of benzene rings is 2. The standard InChI is InChI=1S/C43H63N3O9/c1-9-10-24-54-41(49)33-14-11-13-31(26-33)27-39(47)44(34-16-17-34)22-21-35-18-19-36(29-45(35)42(50)55-43(4,5)6)46(30(2)3)40(48)32-15-20-37(52-8)38(28-32)53-25-12-23-51-7/h11,13-15,20,26,28,30,34-36H,9-10,12,16-19,21-25,27,29H2,1-8H3/t35-,36-/m1/s1. The maximum absolute atomic E-state index is 14.2. The Morgan fingerprint density at radius 1 is 0.873 bits per heavy atom. The highest BCUT2D eigenvalue weighted by Crippen LogP contribution is 2.33. The van der Waals surface area contributed by atoms with Gasteiger partial charge in [-0.1, -0.05) is 25.5 Å². The molecule has 2 atom stereocenters. The van der Waals surface area contributed by atoms with E-state index < -0.39 is 11.7 Å². The number of piperidine rings is 1. The number of nitrogens with zero attached hydrogens (tertiary/aromatic N) is 3. The van der Waals surface area contributed by atoms with Crippen LogP contribution in [-0.4, -0.2) is 115 Å². The predicted molar refractivity (Wildman–Crippen MR) is 211 cm³/mol. The topological polar surface area (TPSA) is 124 Å². The fourth-order valence-corrected chi connectivity index (χ4v) is 7.02. The smallest absolute Gasteiger partial charge is 0.410 e. The molecule has 2 aromatic carbocycles. The van der Waals surface area contributed by atoms with Crippen molar-refractivity contribution in [3.8, 4) is 11.5 Å². The average molecular weight is 766 g/mol. The van der Waals surface area contributed by atoms with Crippen LogP contribution in [0.4, 0.5) is 4.79 Å². The number of carbonyl (C=O) groups is 4. The lowest BCUT2D eigenvalue weighted by molar-refractivity contribution is -0.131. The number of unbranched alkanes of at least 4 members (excludes halogenated alkanes) is 1. The molecule has 1 heterocycles. The molecule has 2 aliphatic rings. The maximum Gasteiger partial charge on any atom is 0.410 e. The largest absolute Gasteiger partial charge is 0.493 e. The Hall–Kier alpha value is -4.32. The molecule has 0 unspecified atom stereocenters. The third-order valence-electron chi connectivity index (χ3n) is 9.91. The lowest BCUT2D eigenvalue weighted by atomic mass is 9.93. The summed E-state index contributed by atoms with van der Waals surface area (Å²) in [5.74, 6) is 0.482. The van der Waals surface area contributed by atoms with Crippen LogP contribution in [0.25, 0.3) is 0 Å². The highest BCUT2D eigenvalue weighted by molar-refractivity contribution is 5.95. The Balaban J connectivity index is 1.48. The first-order chi connectivity index (χ1) is 26.3. The molecule has 1 saturated carbocycles. The van der Waals surface area contributed by atoms with Crippen molar-refractivity contribution >= 4 is 23.9 Å². The van der Waals surface area contributed by atoms with Gasteiger partial charge >= 0.3 is 12.1 Å². The van der Waals surface area contributed by atoms with Gasteiger partial charge < -0.3 is 38.4 Å². The SMILES string of the molecule is CCCCOC(=O)c1cccc(CC(=O)N(CC[C@H]2CC[C@@H](N(C(=O)c3ccc(OC)c(OCCCOC)c3)C(C)C)CN2C(=O)OC(C)(C)C)C2CC2)c1. The average Bonchev–Trinajstić information content (AvgIpc) is 3.98. The van der Waals surface area contributed by atoms with E-state index in [2.05, 4.69) is 0 Å². The zero-order valence-electron chi connectivity index (χ0n) is 34.3. The van der Waals surface area contributed by atoms with E-state index in [9.17, 15) is 19.2 Å². The Morgan fingerprint density at radius 2 is 1.62 bits per heavy atom. The van der Waals surface area contributed by atoms with Crippen molar-refractivity contribution in [1.29, 1.82) is 0 Å². The van der Waals surface area contributed by atoms with Crippen molar-refractivity contribution in [1.82, 2.24) is 14.7 Å². The summed E-state index contributed by atoms with van der Waals surface area (Å²) in [6.07, 6.45) is 5.96. The number of amides is 3. The zero-order chi connectivity index (χ0) is 40.1. The third-order valence-corrected chi connectivity index (χ3v) is 9.91. The van der Waals surface area contributed by atoms with E-state index in [0.29, 0.717) is 81.2 Å². The third kappa shape index (κ3) is 12.9. The van der Waals surface area contributed by atoms with E-state index in [1.165, 1.54) is 0 Å². The summed E-state index contributed by atoms with van der Waals surface area (Å²) < 4.78 is 27.9. The minimum atomic E-state index is -0.710. The Morgan fingerprint density at radius 3 is 2.27 bits per heavy atom. The Kier molecular flexibility index (Phi) is 16.2. The Bertz CT molecular complexity index is 1590. The second kappa shape index (κ2) is 20.6. The number of hydrogen-bond donors (Lipinski definition) is 0. The van der Waals surface area contributed by atoms with Gasteiger partial charge in [0.05, 0.1) is 38.3 Å². The van der Waals surface area contributed by atoms with Gasteiger partial charge in [0, 0.05) is 56.9 Å². The van der Waals surface area contributed by atoms with Crippen LogP contribution in [0.15, 0.2) is 42.5 Å². The van der Waals surface area contributed by atoms with Crippen LogP contribution in [0, 0.1) is 0 Å². The molecule has 1 aliphatic carbocycles. The van der Waals surface area contributed by atoms with E-state index in [0.717, 1.165) is 31.2 Å². The van der Waals surface area contributed by atoms with E-state index in [4.69, 9.17) is 23.7 Å². The summed E-state index contributed by atoms with van der Waals surface area (Å²) in [6, 6.07) is 11.9. The normalized spacial score (nSPS) is 17.1. The summed E-state index contributed by atoms with van der Waals surface area (Å²) >= 11 is 0. The second-order valence-corrected chi connectivity index (χ2v) is 15.9. The minimum absolute atomic E-state index is 0.00498. The lowest BCUT2D eigenvalue weighted by Crippen LogP contribution is -2.58. The fraction of sp³-hybridized carbons (Fsp3) is 0.628. The van der Waals surface area contributed by atoms with Crippen molar-refractivity contribution in [3.05, 3.63) is 59.2 Å². The monoisotopic (exact) mass is 765 g/mol. The first-order valence-electron chi connectivity index (χ1n) is 19.9. The lowest BCUT2D eigenvalue weighted by Gasteiger charge is -2.45. The van der Waals surface area contributed by atoms with Crippen molar-refractivity contribution in [2.75, 3.05) is 47.1 Å². The zero-order valence-corrected chi connectivity index (χ0v) is 34.3. The summed E-state index contributed by atoms with van der Waals surface area (Å²) in [7, 11) is 3.21. The first kappa shape index (κ1) is 43.4. The summed E-state index contributed by atoms with van der Waals surface area (Å²) in [4.78, 5) is 60.0. The molecule has 304 valence electrons. The van der Waals surface area contributed by atoms with Crippen LogP contribution in [-0.2, 0) is 25.4 Å². The van der Waals surface area contributed by atoms with Gasteiger partial charge in [0.25, 0.3) is 5.91 Å². The number of methoxy groups -OCH3 is 2. The van der Waals surface area contributed by atoms with Crippen molar-refractivity contribution in [2.45, 2.75) is 129 Å². The number of hydrogen-bond acceptors (Lipinski definition) is 9. The molecule has 1 saturated heterocycles. The molecule has 0 radical (unpaired) electrons. The van der Waals surface area contributed by atoms with E-state index in [1.54, 1.807) is 55.5 Å². The molecule has 12 nitrogen and oxygen atoms in total. The van der Waals surface area contributed by atoms with E-state index in [-0.39, 0.29) is 48.4 Å². The van der Waals surface area contributed by atoms with Gasteiger partial charge in [0.2, 0.25) is 5.91 Å². The molecule has 12 heteroatoms. The van der Waals surface area contributed by atoms with Gasteiger partial charge in [-0.2, -0.15) is 0 Å². The quantitative estimate of drug-likeness (QED) is 0.107. The molecule has 55 heavy (non-hydrogen) atoms. The molecule has 0 bridgehead atoms. The molecule has 1 aliphatic heterocycles. The molecule has 0 N–H and O–H groups in total. The van der Waals surface area contributed by atoms with Crippen LogP contribution < -0.4 is 9.47 Å². The van der Waals surface area contributed by atoms with Gasteiger partial charge in [-0.05, 0) is 109 Å². The first-order valence-corrected chi connectivity index (χ1v) is 19.9. The van der Waals surface area contributed by atoms with Crippen LogP contribution in [0.3, 0.4) is 0 Å². The van der Waals surface area contributed by atoms with Gasteiger partial charge in [-0.3, -0.25) is 9.59 Å². The molecule has 2 aromatic rings. The second-order valence-electron chi connectivity index (χ2n) is 15.9. The van der Waals surface area contributed by atoms with Gasteiger partial charge in [0.15, 0.2) is 11.5 Å². The molecule has 2 fully saturated rings. The van der Waals surface area contributed by atoms with Gasteiger partial charge in [-0.15, -0.1) is 0 Å². The fourth-order valence-electron chi connectivity index (χ4n) is 7.02. The number of rotatable bonds is 19. The highest BCUT2D eigenvalue weighted by atomic mass is 16.6. The van der Waals surface area contributed by atoms with Crippen molar-refractivity contribution < 1.29 is 42.9 Å². The summed E-state index contributed by atoms with van der Waals surface area (Å²) in [6.45, 7) is 13.7. The molecular formula is C43H63N3O9. The number of carbonyl (C=O) groups excluding carboxylic acids is 4. The molecular weight excluding hydrogens is 702 g/mol. The van der Waals surface area contributed by atoms with Crippen LogP contribution in [0.5, 0.6) is 11.5 Å². The number of ether oxygens (including phenoxy) is 5. The van der Waals surface area contributed by atoms with E-state index in [1.807, 2.05) is 57.4 Å². The molecule has 0 spiro atoms. The maximum atomic E-state index is 14.2. The molecule has 4 rings (SSSR count). The van der Waals surface area contributed by atoms with E-state index >= 15 is 0 Å². The Labute approximate surface area is 327 Å². The van der Waals surface area contributed by atoms with Crippen molar-refractivity contribution in [3.63, 3.8) is 0 Å².